The normalized spacial score (nSPS) is 22.0. The maximum absolute atomic E-state index is 11.4. The number of nitrogens with two attached hydrogens (primary N) is 1. The lowest BCUT2D eigenvalue weighted by molar-refractivity contribution is 0.0602. The first-order valence-electron chi connectivity index (χ1n) is 5.69. The molecule has 1 aromatic heterocycles. The molecule has 5 nitrogen and oxygen atoms in total. The quantitative estimate of drug-likeness (QED) is 0.774. The van der Waals surface area contributed by atoms with Crippen LogP contribution in [0.1, 0.15) is 23.7 Å². The van der Waals surface area contributed by atoms with Crippen molar-refractivity contribution in [1.29, 1.82) is 0 Å². The summed E-state index contributed by atoms with van der Waals surface area (Å²) < 4.78 is 4.65. The van der Waals surface area contributed by atoms with Gasteiger partial charge in [-0.05, 0) is 24.3 Å². The molecule has 1 aliphatic carbocycles. The van der Waals surface area contributed by atoms with Gasteiger partial charge in [0.15, 0.2) is 0 Å². The van der Waals surface area contributed by atoms with Crippen LogP contribution in [0.25, 0.3) is 0 Å². The minimum atomic E-state index is -0.437. The molecule has 0 spiro atoms. The Balaban J connectivity index is 2.05. The molecule has 0 saturated heterocycles. The molecule has 1 fully saturated rings. The van der Waals surface area contributed by atoms with E-state index >= 15 is 0 Å². The molecule has 2 atom stereocenters. The van der Waals surface area contributed by atoms with E-state index in [2.05, 4.69) is 22.0 Å². The highest BCUT2D eigenvalue weighted by Crippen LogP contribution is 2.37. The van der Waals surface area contributed by atoms with Crippen molar-refractivity contribution in [3.63, 3.8) is 0 Å². The molecule has 0 aliphatic heterocycles. The highest BCUT2D eigenvalue weighted by atomic mass is 16.5. The van der Waals surface area contributed by atoms with Gasteiger partial charge in [0, 0.05) is 6.54 Å². The monoisotopic (exact) mass is 235 g/mol. The Labute approximate surface area is 100 Å². The summed E-state index contributed by atoms with van der Waals surface area (Å²) >= 11 is 0. The summed E-state index contributed by atoms with van der Waals surface area (Å²) in [6.07, 6.45) is 2.73. The summed E-state index contributed by atoms with van der Waals surface area (Å²) in [5, 5.41) is 3.21. The largest absolute Gasteiger partial charge is 0.465 e. The molecule has 0 bridgehead atoms. The molecule has 1 aromatic rings. The minimum absolute atomic E-state index is 0.335. The number of aromatic nitrogens is 1. The van der Waals surface area contributed by atoms with Crippen molar-refractivity contribution in [3.8, 4) is 0 Å². The van der Waals surface area contributed by atoms with E-state index in [0.29, 0.717) is 17.1 Å². The fourth-order valence-corrected chi connectivity index (χ4v) is 1.77. The first-order chi connectivity index (χ1) is 8.11. The zero-order valence-electron chi connectivity index (χ0n) is 10.1. The second-order valence-corrected chi connectivity index (χ2v) is 4.50. The van der Waals surface area contributed by atoms with Crippen LogP contribution in [0.3, 0.4) is 0 Å². The molecule has 2 rings (SSSR count). The van der Waals surface area contributed by atoms with Gasteiger partial charge >= 0.3 is 5.97 Å². The Morgan fingerprint density at radius 2 is 2.41 bits per heavy atom. The third kappa shape index (κ3) is 2.67. The lowest BCUT2D eigenvalue weighted by atomic mass is 10.2. The summed E-state index contributed by atoms with van der Waals surface area (Å²) in [4.78, 5) is 15.6. The smallest absolute Gasteiger partial charge is 0.340 e. The van der Waals surface area contributed by atoms with Crippen molar-refractivity contribution < 1.29 is 9.53 Å². The number of nitrogen functional groups attached to an aromatic ring is 1. The zero-order chi connectivity index (χ0) is 12.4. The van der Waals surface area contributed by atoms with Crippen molar-refractivity contribution in [2.45, 2.75) is 13.3 Å². The summed E-state index contributed by atoms with van der Waals surface area (Å²) in [7, 11) is 1.33. The number of carbonyl (C=O) groups is 1. The van der Waals surface area contributed by atoms with Crippen molar-refractivity contribution in [1.82, 2.24) is 4.98 Å². The second kappa shape index (κ2) is 4.61. The summed E-state index contributed by atoms with van der Waals surface area (Å²) in [6, 6.07) is 1.63. The maximum Gasteiger partial charge on any atom is 0.340 e. The lowest BCUT2D eigenvalue weighted by Gasteiger charge is -2.08. The van der Waals surface area contributed by atoms with Gasteiger partial charge in [-0.25, -0.2) is 9.78 Å². The van der Waals surface area contributed by atoms with E-state index in [0.717, 1.165) is 18.4 Å². The summed E-state index contributed by atoms with van der Waals surface area (Å²) in [6.45, 7) is 3.11. The van der Waals surface area contributed by atoms with Crippen LogP contribution in [0, 0.1) is 11.8 Å². The highest BCUT2D eigenvalue weighted by Gasteiger charge is 2.31. The first-order valence-corrected chi connectivity index (χ1v) is 5.69. The van der Waals surface area contributed by atoms with Crippen LogP contribution < -0.4 is 11.1 Å². The molecule has 0 radical (unpaired) electrons. The van der Waals surface area contributed by atoms with Crippen LogP contribution in [-0.4, -0.2) is 24.6 Å². The summed E-state index contributed by atoms with van der Waals surface area (Å²) in [5.41, 5.74) is 6.36. The lowest BCUT2D eigenvalue weighted by Crippen LogP contribution is -2.10. The first kappa shape index (κ1) is 11.7. The topological polar surface area (TPSA) is 77.2 Å². The number of carbonyl (C=O) groups excluding carboxylic acids is 1. The number of rotatable bonds is 4. The van der Waals surface area contributed by atoms with E-state index in [9.17, 15) is 4.79 Å². The predicted molar refractivity (Wildman–Crippen MR) is 65.7 cm³/mol. The van der Waals surface area contributed by atoms with E-state index < -0.39 is 5.97 Å². The molecule has 1 heterocycles. The van der Waals surface area contributed by atoms with E-state index in [1.807, 2.05) is 0 Å². The molecular formula is C12H17N3O2. The zero-order valence-corrected chi connectivity index (χ0v) is 10.1. The fourth-order valence-electron chi connectivity index (χ4n) is 1.77. The van der Waals surface area contributed by atoms with Crippen LogP contribution in [0.2, 0.25) is 0 Å². The van der Waals surface area contributed by atoms with Crippen LogP contribution in [0.5, 0.6) is 0 Å². The van der Waals surface area contributed by atoms with E-state index in [1.54, 1.807) is 6.07 Å². The van der Waals surface area contributed by atoms with Crippen molar-refractivity contribution in [2.75, 3.05) is 24.7 Å². The third-order valence-corrected chi connectivity index (χ3v) is 3.16. The standard InChI is InChI=1S/C12H17N3O2/c1-7-3-8(7)5-14-11-4-9(12(16)17-2)10(13)6-15-11/h4,6-8H,3,5,13H2,1-2H3,(H,14,15). The molecule has 1 aliphatic rings. The van der Waals surface area contributed by atoms with E-state index in [-0.39, 0.29) is 0 Å². The van der Waals surface area contributed by atoms with Gasteiger partial charge in [-0.3, -0.25) is 0 Å². The molecule has 1 saturated carbocycles. The Kier molecular flexibility index (Phi) is 3.17. The third-order valence-electron chi connectivity index (χ3n) is 3.16. The number of anilines is 2. The highest BCUT2D eigenvalue weighted by molar-refractivity contribution is 5.95. The number of nitrogens with one attached hydrogen (secondary N) is 1. The SMILES string of the molecule is COC(=O)c1cc(NCC2CC2C)ncc1N. The Bertz CT molecular complexity index is 434. The Hall–Kier alpha value is -1.78. The van der Waals surface area contributed by atoms with Gasteiger partial charge < -0.3 is 15.8 Å². The van der Waals surface area contributed by atoms with Crippen LogP contribution >= 0.6 is 0 Å². The van der Waals surface area contributed by atoms with Gasteiger partial charge in [-0.15, -0.1) is 0 Å². The van der Waals surface area contributed by atoms with Crippen LogP contribution in [0.4, 0.5) is 11.5 Å². The predicted octanol–water partition coefficient (Wildman–Crippen LogP) is 1.52. The Morgan fingerprint density at radius 3 is 3.00 bits per heavy atom. The molecule has 2 unspecified atom stereocenters. The fraction of sp³-hybridized carbons (Fsp3) is 0.500. The molecule has 17 heavy (non-hydrogen) atoms. The van der Waals surface area contributed by atoms with Gasteiger partial charge in [0.1, 0.15) is 5.82 Å². The molecule has 3 N–H and O–H groups in total. The van der Waals surface area contributed by atoms with E-state index in [4.69, 9.17) is 5.73 Å². The number of nitrogens with zero attached hydrogens (tertiary/aromatic N) is 1. The van der Waals surface area contributed by atoms with Crippen molar-refractivity contribution in [3.05, 3.63) is 17.8 Å². The molecule has 0 aromatic carbocycles. The average Bonchev–Trinajstić information content (AvgIpc) is 3.03. The average molecular weight is 235 g/mol. The number of hydrogen-bond acceptors (Lipinski definition) is 5. The molecule has 92 valence electrons. The number of methoxy groups -OCH3 is 1. The maximum atomic E-state index is 11.4. The Morgan fingerprint density at radius 1 is 1.71 bits per heavy atom. The van der Waals surface area contributed by atoms with Gasteiger partial charge in [-0.2, -0.15) is 0 Å². The molecular weight excluding hydrogens is 218 g/mol. The van der Waals surface area contributed by atoms with E-state index in [1.165, 1.54) is 19.7 Å². The van der Waals surface area contributed by atoms with Gasteiger partial charge in [0.25, 0.3) is 0 Å². The second-order valence-electron chi connectivity index (χ2n) is 4.50. The van der Waals surface area contributed by atoms with Gasteiger partial charge in [-0.1, -0.05) is 6.92 Å². The van der Waals surface area contributed by atoms with Crippen LogP contribution in [0.15, 0.2) is 12.3 Å². The van der Waals surface area contributed by atoms with Crippen LogP contribution in [-0.2, 0) is 4.74 Å². The summed E-state index contributed by atoms with van der Waals surface area (Å²) in [5.74, 6) is 1.73. The number of hydrogen-bond donors (Lipinski definition) is 2. The minimum Gasteiger partial charge on any atom is -0.465 e. The number of ether oxygens (including phenoxy) is 1. The van der Waals surface area contributed by atoms with Crippen molar-refractivity contribution in [2.24, 2.45) is 11.8 Å². The molecule has 0 amide bonds. The number of pyridine rings is 1. The van der Waals surface area contributed by atoms with Gasteiger partial charge in [0.2, 0.25) is 0 Å². The van der Waals surface area contributed by atoms with Gasteiger partial charge in [0.05, 0.1) is 24.6 Å². The van der Waals surface area contributed by atoms with Crippen molar-refractivity contribution >= 4 is 17.5 Å². The molecule has 5 heteroatoms. The number of esters is 1.